The van der Waals surface area contributed by atoms with E-state index in [1.54, 1.807) is 12.1 Å². The molecular formula is C21H17NO2S. The van der Waals surface area contributed by atoms with Gasteiger partial charge in [-0.15, -0.1) is 0 Å². The number of sulfone groups is 1. The van der Waals surface area contributed by atoms with E-state index in [4.69, 9.17) is 0 Å². The van der Waals surface area contributed by atoms with Crippen LogP contribution in [0.3, 0.4) is 0 Å². The molecule has 0 aliphatic heterocycles. The third kappa shape index (κ3) is 2.89. The zero-order valence-corrected chi connectivity index (χ0v) is 14.6. The summed E-state index contributed by atoms with van der Waals surface area (Å²) in [4.78, 5) is 4.84. The van der Waals surface area contributed by atoms with Gasteiger partial charge in [-0.3, -0.25) is 4.98 Å². The maximum absolute atomic E-state index is 12.9. The van der Waals surface area contributed by atoms with Crippen LogP contribution in [0, 0.1) is 6.92 Å². The quantitative estimate of drug-likeness (QED) is 0.506. The average Bonchev–Trinajstić information content (AvgIpc) is 2.61. The van der Waals surface area contributed by atoms with E-state index in [1.165, 1.54) is 0 Å². The van der Waals surface area contributed by atoms with Crippen molar-refractivity contribution in [2.24, 2.45) is 0 Å². The molecule has 0 saturated carbocycles. The van der Waals surface area contributed by atoms with E-state index in [-0.39, 0.29) is 5.75 Å². The Hall–Kier alpha value is -2.72. The van der Waals surface area contributed by atoms with Gasteiger partial charge in [-0.25, -0.2) is 8.42 Å². The van der Waals surface area contributed by atoms with Crippen molar-refractivity contribution in [3.8, 4) is 0 Å². The number of aryl methyl sites for hydroxylation is 1. The third-order valence-electron chi connectivity index (χ3n) is 4.43. The van der Waals surface area contributed by atoms with Gasteiger partial charge in [-0.2, -0.15) is 0 Å². The molecule has 124 valence electrons. The van der Waals surface area contributed by atoms with Crippen molar-refractivity contribution in [2.45, 2.75) is 17.6 Å². The second kappa shape index (κ2) is 5.97. The van der Waals surface area contributed by atoms with Crippen molar-refractivity contribution in [1.82, 2.24) is 4.98 Å². The topological polar surface area (TPSA) is 47.0 Å². The highest BCUT2D eigenvalue weighted by molar-refractivity contribution is 7.90. The molecule has 1 aromatic heterocycles. The monoisotopic (exact) mass is 347 g/mol. The third-order valence-corrected chi connectivity index (χ3v) is 6.11. The average molecular weight is 347 g/mol. The normalized spacial score (nSPS) is 11.9. The van der Waals surface area contributed by atoms with Crippen molar-refractivity contribution in [1.29, 1.82) is 0 Å². The van der Waals surface area contributed by atoms with Crippen LogP contribution < -0.4 is 0 Å². The van der Waals surface area contributed by atoms with Gasteiger partial charge in [0.15, 0.2) is 9.84 Å². The predicted octanol–water partition coefficient (Wildman–Crippen LogP) is 4.67. The van der Waals surface area contributed by atoms with Crippen LogP contribution in [0.25, 0.3) is 21.7 Å². The first-order valence-corrected chi connectivity index (χ1v) is 9.75. The maximum Gasteiger partial charge on any atom is 0.182 e. The lowest BCUT2D eigenvalue weighted by molar-refractivity contribution is 0.595. The Balaban J connectivity index is 1.89. The summed E-state index contributed by atoms with van der Waals surface area (Å²) in [6.45, 7) is 1.94. The molecule has 0 amide bonds. The van der Waals surface area contributed by atoms with Gasteiger partial charge in [0.1, 0.15) is 0 Å². The standard InChI is InChI=1S/C21H17NO2S/c1-15-9-11-18(12-10-15)25(23,24)14-17-6-4-8-20-21(17)19-7-3-2-5-16(19)13-22-20/h2-13H,14H2,1H3. The van der Waals surface area contributed by atoms with Crippen molar-refractivity contribution in [3.05, 3.63) is 84.1 Å². The fraction of sp³-hybridized carbons (Fsp3) is 0.0952. The highest BCUT2D eigenvalue weighted by Gasteiger charge is 2.18. The molecule has 4 rings (SSSR count). The molecule has 3 aromatic carbocycles. The first-order valence-electron chi connectivity index (χ1n) is 8.09. The summed E-state index contributed by atoms with van der Waals surface area (Å²) in [6, 6.07) is 20.6. The Morgan fingerprint density at radius 3 is 2.44 bits per heavy atom. The predicted molar refractivity (Wildman–Crippen MR) is 101 cm³/mol. The summed E-state index contributed by atoms with van der Waals surface area (Å²) in [6.07, 6.45) is 1.83. The summed E-state index contributed by atoms with van der Waals surface area (Å²) in [7, 11) is -3.42. The van der Waals surface area contributed by atoms with Crippen LogP contribution in [-0.2, 0) is 15.6 Å². The second-order valence-electron chi connectivity index (χ2n) is 6.23. The van der Waals surface area contributed by atoms with Gasteiger partial charge in [0, 0.05) is 17.0 Å². The maximum atomic E-state index is 12.9. The van der Waals surface area contributed by atoms with Crippen LogP contribution in [0.5, 0.6) is 0 Å². The minimum absolute atomic E-state index is 0.0386. The molecule has 0 aliphatic carbocycles. The minimum Gasteiger partial charge on any atom is -0.256 e. The Kier molecular flexibility index (Phi) is 3.77. The number of fused-ring (bicyclic) bond motifs is 3. The van der Waals surface area contributed by atoms with Crippen LogP contribution in [0.2, 0.25) is 0 Å². The molecule has 25 heavy (non-hydrogen) atoms. The number of pyridine rings is 1. The molecule has 0 bridgehead atoms. The van der Waals surface area contributed by atoms with E-state index in [1.807, 2.05) is 67.7 Å². The molecule has 1 heterocycles. The number of benzene rings is 3. The fourth-order valence-corrected chi connectivity index (χ4v) is 4.50. The van der Waals surface area contributed by atoms with E-state index < -0.39 is 9.84 Å². The summed E-state index contributed by atoms with van der Waals surface area (Å²) < 4.78 is 25.7. The molecule has 4 heteroatoms. The van der Waals surface area contributed by atoms with Gasteiger partial charge in [-0.1, -0.05) is 54.1 Å². The van der Waals surface area contributed by atoms with Crippen molar-refractivity contribution < 1.29 is 8.42 Å². The number of rotatable bonds is 3. The van der Waals surface area contributed by atoms with Gasteiger partial charge >= 0.3 is 0 Å². The summed E-state index contributed by atoms with van der Waals surface area (Å²) >= 11 is 0. The lowest BCUT2D eigenvalue weighted by atomic mass is 10.0. The summed E-state index contributed by atoms with van der Waals surface area (Å²) in [5, 5.41) is 2.95. The van der Waals surface area contributed by atoms with Gasteiger partial charge < -0.3 is 0 Å². The van der Waals surface area contributed by atoms with Crippen LogP contribution in [-0.4, -0.2) is 13.4 Å². The molecule has 0 atom stereocenters. The zero-order chi connectivity index (χ0) is 17.4. The second-order valence-corrected chi connectivity index (χ2v) is 8.22. The van der Waals surface area contributed by atoms with Gasteiger partial charge in [0.25, 0.3) is 0 Å². The Morgan fingerprint density at radius 1 is 0.880 bits per heavy atom. The zero-order valence-electron chi connectivity index (χ0n) is 13.8. The summed E-state index contributed by atoms with van der Waals surface area (Å²) in [5.41, 5.74) is 2.64. The van der Waals surface area contributed by atoms with Crippen molar-refractivity contribution >= 4 is 31.5 Å². The van der Waals surface area contributed by atoms with Gasteiger partial charge in [0.05, 0.1) is 16.2 Å². The highest BCUT2D eigenvalue weighted by atomic mass is 32.2. The molecule has 0 aliphatic rings. The number of aromatic nitrogens is 1. The first kappa shape index (κ1) is 15.8. The lowest BCUT2D eigenvalue weighted by Gasteiger charge is -2.10. The molecule has 0 fully saturated rings. The number of nitrogens with zero attached hydrogens (tertiary/aromatic N) is 1. The smallest absolute Gasteiger partial charge is 0.182 e. The Bertz CT molecular complexity index is 1180. The van der Waals surface area contributed by atoms with Crippen LogP contribution >= 0.6 is 0 Å². The van der Waals surface area contributed by atoms with Crippen LogP contribution in [0.4, 0.5) is 0 Å². The van der Waals surface area contributed by atoms with Crippen molar-refractivity contribution in [3.63, 3.8) is 0 Å². The highest BCUT2D eigenvalue weighted by Crippen LogP contribution is 2.29. The molecular weight excluding hydrogens is 330 g/mol. The molecule has 4 aromatic rings. The van der Waals surface area contributed by atoms with E-state index in [9.17, 15) is 8.42 Å². The minimum atomic E-state index is -3.42. The number of hydrogen-bond donors (Lipinski definition) is 0. The van der Waals surface area contributed by atoms with E-state index in [2.05, 4.69) is 4.98 Å². The Morgan fingerprint density at radius 2 is 1.64 bits per heavy atom. The van der Waals surface area contributed by atoms with Gasteiger partial charge in [-0.05, 0) is 36.1 Å². The van der Waals surface area contributed by atoms with Crippen LogP contribution in [0.1, 0.15) is 11.1 Å². The molecule has 0 saturated heterocycles. The largest absolute Gasteiger partial charge is 0.256 e. The SMILES string of the molecule is Cc1ccc(S(=O)(=O)Cc2cccc3ncc4ccccc4c23)cc1. The van der Waals surface area contributed by atoms with E-state index in [0.29, 0.717) is 4.90 Å². The number of hydrogen-bond acceptors (Lipinski definition) is 3. The van der Waals surface area contributed by atoms with E-state index in [0.717, 1.165) is 32.8 Å². The first-order chi connectivity index (χ1) is 12.0. The van der Waals surface area contributed by atoms with E-state index >= 15 is 0 Å². The molecule has 3 nitrogen and oxygen atoms in total. The van der Waals surface area contributed by atoms with Crippen molar-refractivity contribution in [2.75, 3.05) is 0 Å². The molecule has 0 unspecified atom stereocenters. The molecule has 0 spiro atoms. The Labute approximate surface area is 146 Å². The molecule has 0 N–H and O–H groups in total. The summed E-state index contributed by atoms with van der Waals surface area (Å²) in [5.74, 6) is -0.0386. The lowest BCUT2D eigenvalue weighted by Crippen LogP contribution is -2.05. The van der Waals surface area contributed by atoms with Crippen LogP contribution in [0.15, 0.2) is 77.8 Å². The van der Waals surface area contributed by atoms with Gasteiger partial charge in [0.2, 0.25) is 0 Å². The fourth-order valence-electron chi connectivity index (χ4n) is 3.14. The molecule has 0 radical (unpaired) electrons.